The Morgan fingerprint density at radius 1 is 1.03 bits per heavy atom. The number of hydrogen-bond donors (Lipinski definition) is 2. The van der Waals surface area contributed by atoms with Gasteiger partial charge in [0, 0.05) is 12.5 Å². The number of ether oxygens (including phenoxy) is 1. The summed E-state index contributed by atoms with van der Waals surface area (Å²) in [5.74, 6) is -1.63. The Morgan fingerprint density at radius 2 is 1.76 bits per heavy atom. The van der Waals surface area contributed by atoms with E-state index in [4.69, 9.17) is 21.4 Å². The quantitative estimate of drug-likeness (QED) is 0.280. The number of rotatable bonds is 9. The average molecular weight is 538 g/mol. The lowest BCUT2D eigenvalue weighted by atomic mass is 10.0. The van der Waals surface area contributed by atoms with Crippen LogP contribution < -0.4 is 10.1 Å². The standard InChI is InChI=1S/C27H24ClF4NO4/c1-3-16-11-21(7-4-17(16)5-9-25(34)35)37-22-12-18(10-20(29)14-22)15(2)33-26(36)23-8-6-19(13-24(23)28)27(30,31)32/h4,6-8,10-15H,3,5,9H2,1-2H3,(H,33,36)(H,34,35)/t15-/m1/s1. The van der Waals surface area contributed by atoms with Crippen LogP contribution in [0.25, 0.3) is 0 Å². The summed E-state index contributed by atoms with van der Waals surface area (Å²) in [6, 6.07) is 10.8. The van der Waals surface area contributed by atoms with E-state index in [0.717, 1.165) is 23.3 Å². The van der Waals surface area contributed by atoms with Gasteiger partial charge in [-0.05, 0) is 78.9 Å². The van der Waals surface area contributed by atoms with Crippen LogP contribution in [0.15, 0.2) is 54.6 Å². The number of carboxylic acid groups (broad SMARTS) is 1. The zero-order valence-corrected chi connectivity index (χ0v) is 20.7. The van der Waals surface area contributed by atoms with Crippen LogP contribution in [0.3, 0.4) is 0 Å². The smallest absolute Gasteiger partial charge is 0.416 e. The van der Waals surface area contributed by atoms with Crippen molar-refractivity contribution in [3.05, 3.63) is 93.3 Å². The first-order valence-corrected chi connectivity index (χ1v) is 11.7. The van der Waals surface area contributed by atoms with Gasteiger partial charge in [0.25, 0.3) is 5.91 Å². The summed E-state index contributed by atoms with van der Waals surface area (Å²) in [5, 5.41) is 11.2. The zero-order valence-electron chi connectivity index (χ0n) is 20.0. The van der Waals surface area contributed by atoms with Crippen molar-refractivity contribution in [1.29, 1.82) is 0 Å². The number of amides is 1. The fourth-order valence-electron chi connectivity index (χ4n) is 3.74. The van der Waals surface area contributed by atoms with Crippen LogP contribution in [0, 0.1) is 5.82 Å². The Hall–Kier alpha value is -3.59. The van der Waals surface area contributed by atoms with Crippen LogP contribution in [0.2, 0.25) is 5.02 Å². The fraction of sp³-hybridized carbons (Fsp3) is 0.259. The van der Waals surface area contributed by atoms with Crippen LogP contribution in [-0.2, 0) is 23.8 Å². The molecule has 0 unspecified atom stereocenters. The number of benzene rings is 3. The van der Waals surface area contributed by atoms with Crippen LogP contribution in [0.1, 0.15) is 58.9 Å². The van der Waals surface area contributed by atoms with E-state index in [0.29, 0.717) is 30.2 Å². The minimum absolute atomic E-state index is 0.00174. The summed E-state index contributed by atoms with van der Waals surface area (Å²) >= 11 is 5.90. The van der Waals surface area contributed by atoms with Gasteiger partial charge in [0.15, 0.2) is 0 Å². The maximum atomic E-state index is 14.4. The number of aliphatic carboxylic acids is 1. The number of aryl methyl sites for hydroxylation is 2. The second-order valence-electron chi connectivity index (χ2n) is 8.39. The van der Waals surface area contributed by atoms with Crippen molar-refractivity contribution in [3.63, 3.8) is 0 Å². The molecule has 0 saturated heterocycles. The molecule has 1 atom stereocenters. The Balaban J connectivity index is 1.76. The Labute approximate surface area is 216 Å². The highest BCUT2D eigenvalue weighted by molar-refractivity contribution is 6.33. The van der Waals surface area contributed by atoms with Gasteiger partial charge in [0.2, 0.25) is 0 Å². The van der Waals surface area contributed by atoms with E-state index in [1.165, 1.54) is 18.2 Å². The third-order valence-electron chi connectivity index (χ3n) is 5.68. The molecule has 0 aliphatic carbocycles. The van der Waals surface area contributed by atoms with E-state index in [1.54, 1.807) is 25.1 Å². The highest BCUT2D eigenvalue weighted by Gasteiger charge is 2.31. The average Bonchev–Trinajstić information content (AvgIpc) is 2.81. The first-order valence-electron chi connectivity index (χ1n) is 11.4. The molecule has 2 N–H and O–H groups in total. The molecular weight excluding hydrogens is 514 g/mol. The molecule has 3 aromatic carbocycles. The van der Waals surface area contributed by atoms with Crippen molar-refractivity contribution in [2.75, 3.05) is 0 Å². The van der Waals surface area contributed by atoms with Gasteiger partial charge in [-0.25, -0.2) is 4.39 Å². The first-order chi connectivity index (χ1) is 17.4. The molecule has 3 rings (SSSR count). The van der Waals surface area contributed by atoms with E-state index in [-0.39, 0.29) is 22.8 Å². The van der Waals surface area contributed by atoms with E-state index < -0.39 is 35.5 Å². The van der Waals surface area contributed by atoms with Crippen molar-refractivity contribution in [2.45, 2.75) is 45.3 Å². The summed E-state index contributed by atoms with van der Waals surface area (Å²) in [7, 11) is 0. The normalized spacial score (nSPS) is 12.2. The number of carboxylic acids is 1. The molecule has 10 heteroatoms. The Bertz CT molecular complexity index is 1310. The molecule has 3 aromatic rings. The van der Waals surface area contributed by atoms with Gasteiger partial charge in [-0.1, -0.05) is 24.6 Å². The molecule has 196 valence electrons. The summed E-state index contributed by atoms with van der Waals surface area (Å²) in [6.07, 6.45) is -3.57. The molecular formula is C27H24ClF4NO4. The Morgan fingerprint density at radius 3 is 2.38 bits per heavy atom. The van der Waals surface area contributed by atoms with Crippen molar-refractivity contribution >= 4 is 23.5 Å². The van der Waals surface area contributed by atoms with E-state index >= 15 is 0 Å². The topological polar surface area (TPSA) is 75.6 Å². The van der Waals surface area contributed by atoms with Crippen molar-refractivity contribution in [3.8, 4) is 11.5 Å². The summed E-state index contributed by atoms with van der Waals surface area (Å²) in [4.78, 5) is 23.5. The lowest BCUT2D eigenvalue weighted by Crippen LogP contribution is -2.27. The van der Waals surface area contributed by atoms with Crippen LogP contribution >= 0.6 is 11.6 Å². The molecule has 37 heavy (non-hydrogen) atoms. The number of alkyl halides is 3. The lowest BCUT2D eigenvalue weighted by molar-refractivity contribution is -0.138. The largest absolute Gasteiger partial charge is 0.481 e. The maximum Gasteiger partial charge on any atom is 0.416 e. The van der Waals surface area contributed by atoms with E-state index in [9.17, 15) is 27.2 Å². The molecule has 0 spiro atoms. The first kappa shape index (κ1) is 28.0. The summed E-state index contributed by atoms with van der Waals surface area (Å²) in [6.45, 7) is 3.51. The predicted molar refractivity (Wildman–Crippen MR) is 131 cm³/mol. The van der Waals surface area contributed by atoms with Crippen molar-refractivity contribution in [2.24, 2.45) is 0 Å². The van der Waals surface area contributed by atoms with Crippen LogP contribution in [-0.4, -0.2) is 17.0 Å². The van der Waals surface area contributed by atoms with Gasteiger partial charge in [-0.15, -0.1) is 0 Å². The number of halogens is 5. The summed E-state index contributed by atoms with van der Waals surface area (Å²) < 4.78 is 58.8. The second-order valence-corrected chi connectivity index (χ2v) is 8.79. The molecule has 0 aromatic heterocycles. The molecule has 0 aliphatic heterocycles. The van der Waals surface area contributed by atoms with Gasteiger partial charge < -0.3 is 15.2 Å². The summed E-state index contributed by atoms with van der Waals surface area (Å²) in [5.41, 5.74) is 1.03. The molecule has 0 fully saturated rings. The molecule has 0 saturated carbocycles. The van der Waals surface area contributed by atoms with Crippen LogP contribution in [0.5, 0.6) is 11.5 Å². The van der Waals surface area contributed by atoms with E-state index in [2.05, 4.69) is 5.32 Å². The molecule has 0 heterocycles. The number of carbonyl (C=O) groups excluding carboxylic acids is 1. The minimum atomic E-state index is -4.60. The van der Waals surface area contributed by atoms with Crippen LogP contribution in [0.4, 0.5) is 17.6 Å². The molecule has 5 nitrogen and oxygen atoms in total. The lowest BCUT2D eigenvalue weighted by Gasteiger charge is -2.17. The predicted octanol–water partition coefficient (Wildman–Crippen LogP) is 7.36. The highest BCUT2D eigenvalue weighted by Crippen LogP contribution is 2.33. The fourth-order valence-corrected chi connectivity index (χ4v) is 4.01. The highest BCUT2D eigenvalue weighted by atomic mass is 35.5. The van der Waals surface area contributed by atoms with Crippen molar-refractivity contribution in [1.82, 2.24) is 5.32 Å². The molecule has 0 aliphatic rings. The van der Waals surface area contributed by atoms with Gasteiger partial charge in [0.05, 0.1) is 22.2 Å². The molecule has 1 amide bonds. The molecule has 0 radical (unpaired) electrons. The number of hydrogen-bond acceptors (Lipinski definition) is 3. The second kappa shape index (κ2) is 11.6. The minimum Gasteiger partial charge on any atom is -0.481 e. The zero-order chi connectivity index (χ0) is 27.3. The van der Waals surface area contributed by atoms with Gasteiger partial charge in [-0.2, -0.15) is 13.2 Å². The van der Waals surface area contributed by atoms with Crippen molar-refractivity contribution < 1.29 is 37.0 Å². The third kappa shape index (κ3) is 7.45. The van der Waals surface area contributed by atoms with Gasteiger partial charge in [-0.3, -0.25) is 9.59 Å². The number of nitrogens with one attached hydrogen (secondary N) is 1. The monoisotopic (exact) mass is 537 g/mol. The molecule has 0 bridgehead atoms. The Kier molecular flexibility index (Phi) is 8.81. The van der Waals surface area contributed by atoms with Gasteiger partial charge in [0.1, 0.15) is 17.3 Å². The number of carbonyl (C=O) groups is 2. The third-order valence-corrected chi connectivity index (χ3v) is 6.00. The van der Waals surface area contributed by atoms with Gasteiger partial charge >= 0.3 is 12.1 Å². The van der Waals surface area contributed by atoms with E-state index in [1.807, 2.05) is 6.92 Å². The SMILES string of the molecule is CCc1cc(Oc2cc(F)cc([C@@H](C)NC(=O)c3ccc(C(F)(F)F)cc3Cl)c2)ccc1CCC(=O)O. The maximum absolute atomic E-state index is 14.4.